The van der Waals surface area contributed by atoms with Gasteiger partial charge in [-0.2, -0.15) is 4.99 Å². The quantitative estimate of drug-likeness (QED) is 0.780. The minimum atomic E-state index is -0.535. The predicted molar refractivity (Wildman–Crippen MR) is 110 cm³/mol. The topological polar surface area (TPSA) is 105 Å². The molecule has 28 heavy (non-hydrogen) atoms. The Morgan fingerprint density at radius 2 is 1.96 bits per heavy atom. The minimum Gasteiger partial charge on any atom is -0.378 e. The lowest BCUT2D eigenvalue weighted by molar-refractivity contribution is -0.118. The van der Waals surface area contributed by atoms with Crippen molar-refractivity contribution in [3.8, 4) is 0 Å². The highest BCUT2D eigenvalue weighted by Gasteiger charge is 2.39. The average Bonchev–Trinajstić information content (AvgIpc) is 3.11. The molecule has 0 spiro atoms. The number of amides is 3. The number of aliphatic imine (C=N–C) groups is 1. The van der Waals surface area contributed by atoms with Gasteiger partial charge in [-0.3, -0.25) is 19.3 Å². The van der Waals surface area contributed by atoms with Crippen molar-refractivity contribution >= 4 is 51.6 Å². The smallest absolute Gasteiger partial charge is 0.287 e. The molecule has 3 N–H and O–H groups in total. The summed E-state index contributed by atoms with van der Waals surface area (Å²) in [6.45, 7) is 1.76. The van der Waals surface area contributed by atoms with Crippen molar-refractivity contribution in [3.05, 3.63) is 64.6 Å². The number of hydrogen-bond donors (Lipinski definition) is 2. The number of carbonyl (C=O) groups is 3. The molecule has 0 aromatic heterocycles. The summed E-state index contributed by atoms with van der Waals surface area (Å²) in [5.74, 6) is -1.28. The van der Waals surface area contributed by atoms with Crippen molar-refractivity contribution in [2.24, 2.45) is 10.7 Å². The third-order valence-electron chi connectivity index (χ3n) is 4.37. The molecule has 0 bridgehead atoms. The molecule has 3 amide bonds. The highest BCUT2D eigenvalue weighted by Crippen LogP contribution is 2.42. The zero-order valence-corrected chi connectivity index (χ0v) is 15.7. The molecule has 0 aliphatic carbocycles. The van der Waals surface area contributed by atoms with E-state index in [-0.39, 0.29) is 28.1 Å². The fourth-order valence-electron chi connectivity index (χ4n) is 3.20. The molecule has 0 atom stereocenters. The zero-order valence-electron chi connectivity index (χ0n) is 14.9. The van der Waals surface area contributed by atoms with E-state index in [0.717, 1.165) is 17.3 Å². The first kappa shape index (κ1) is 18.0. The molecule has 140 valence electrons. The molecule has 7 nitrogen and oxygen atoms in total. The molecule has 2 aromatic rings. The van der Waals surface area contributed by atoms with Gasteiger partial charge in [0.1, 0.15) is 6.54 Å². The van der Waals surface area contributed by atoms with E-state index in [4.69, 9.17) is 5.73 Å². The van der Waals surface area contributed by atoms with Crippen LogP contribution in [0.25, 0.3) is 5.57 Å². The first-order chi connectivity index (χ1) is 13.4. The molecule has 0 saturated carbocycles. The van der Waals surface area contributed by atoms with Gasteiger partial charge in [-0.1, -0.05) is 30.3 Å². The summed E-state index contributed by atoms with van der Waals surface area (Å²) >= 11 is 0.973. The van der Waals surface area contributed by atoms with Gasteiger partial charge in [0.05, 0.1) is 16.2 Å². The first-order valence-electron chi connectivity index (χ1n) is 8.52. The lowest BCUT2D eigenvalue weighted by Crippen LogP contribution is -2.35. The maximum absolute atomic E-state index is 13.1. The Hall–Kier alpha value is -3.39. The molecule has 2 aromatic carbocycles. The summed E-state index contributed by atoms with van der Waals surface area (Å²) < 4.78 is 0. The van der Waals surface area contributed by atoms with Gasteiger partial charge in [0.2, 0.25) is 5.91 Å². The number of para-hydroxylation sites is 1. The Balaban J connectivity index is 1.64. The molecule has 2 aliphatic rings. The fraction of sp³-hybridized carbons (Fsp3) is 0.100. The van der Waals surface area contributed by atoms with E-state index in [1.165, 1.54) is 4.90 Å². The van der Waals surface area contributed by atoms with Gasteiger partial charge in [-0.15, -0.1) is 0 Å². The van der Waals surface area contributed by atoms with Crippen LogP contribution in [0.3, 0.4) is 0 Å². The van der Waals surface area contributed by atoms with E-state index in [9.17, 15) is 14.4 Å². The van der Waals surface area contributed by atoms with Crippen molar-refractivity contribution in [3.63, 3.8) is 0 Å². The van der Waals surface area contributed by atoms with Crippen molar-refractivity contribution in [1.82, 2.24) is 0 Å². The summed E-state index contributed by atoms with van der Waals surface area (Å²) in [5, 5.41) is 2.90. The fourth-order valence-corrected chi connectivity index (χ4v) is 3.97. The summed E-state index contributed by atoms with van der Waals surface area (Å²) in [5.41, 5.74) is 8.71. The maximum atomic E-state index is 13.1. The van der Waals surface area contributed by atoms with Crippen LogP contribution in [-0.2, 0) is 14.4 Å². The Morgan fingerprint density at radius 3 is 2.68 bits per heavy atom. The number of thioether (sulfide) groups is 1. The van der Waals surface area contributed by atoms with Crippen LogP contribution in [0.4, 0.5) is 11.4 Å². The minimum absolute atomic E-state index is 0.105. The average molecular weight is 392 g/mol. The van der Waals surface area contributed by atoms with Crippen LogP contribution < -0.4 is 16.0 Å². The molecular weight excluding hydrogens is 376 g/mol. The standard InChI is InChI=1S/C20H16N4O3S/c1-11-5-4-6-12(9-11)22-15(25)10-24-14-8-3-2-7-13(14)16(19(24)27)17-18(26)23-20(21)28-17/h2-9H,10H2,1H3,(H,22,25)(H2,21,23,26)/b17-16+. The van der Waals surface area contributed by atoms with Crippen LogP contribution in [-0.4, -0.2) is 29.4 Å². The van der Waals surface area contributed by atoms with Crippen molar-refractivity contribution in [1.29, 1.82) is 0 Å². The van der Waals surface area contributed by atoms with Gasteiger partial charge in [-0.05, 0) is 42.4 Å². The molecular formula is C20H16N4O3S. The summed E-state index contributed by atoms with van der Waals surface area (Å²) in [6, 6.07) is 14.4. The van der Waals surface area contributed by atoms with E-state index >= 15 is 0 Å². The van der Waals surface area contributed by atoms with Gasteiger partial charge in [0, 0.05) is 11.3 Å². The van der Waals surface area contributed by atoms with Crippen LogP contribution >= 0.6 is 11.8 Å². The molecule has 0 unspecified atom stereocenters. The number of anilines is 2. The zero-order chi connectivity index (χ0) is 19.8. The van der Waals surface area contributed by atoms with Crippen LogP contribution in [0.1, 0.15) is 11.1 Å². The summed E-state index contributed by atoms with van der Waals surface area (Å²) in [6.07, 6.45) is 0. The molecule has 8 heteroatoms. The lowest BCUT2D eigenvalue weighted by atomic mass is 10.1. The molecule has 2 aliphatic heterocycles. The molecule has 0 radical (unpaired) electrons. The highest BCUT2D eigenvalue weighted by molar-refractivity contribution is 8.18. The van der Waals surface area contributed by atoms with Gasteiger partial charge >= 0.3 is 0 Å². The van der Waals surface area contributed by atoms with Crippen molar-refractivity contribution in [2.75, 3.05) is 16.8 Å². The van der Waals surface area contributed by atoms with Crippen molar-refractivity contribution in [2.45, 2.75) is 6.92 Å². The van der Waals surface area contributed by atoms with Gasteiger partial charge in [0.25, 0.3) is 11.8 Å². The second-order valence-electron chi connectivity index (χ2n) is 6.39. The number of hydrogen-bond acceptors (Lipinski definition) is 5. The lowest BCUT2D eigenvalue weighted by Gasteiger charge is -2.17. The summed E-state index contributed by atoms with van der Waals surface area (Å²) in [7, 11) is 0. The number of amidine groups is 1. The third kappa shape index (κ3) is 3.18. The SMILES string of the molecule is Cc1cccc(NC(=O)CN2C(=O)/C(=C3/SC(N)=NC3=O)c3ccccc32)c1. The molecule has 0 saturated heterocycles. The van der Waals surface area contributed by atoms with E-state index in [1.807, 2.05) is 25.1 Å². The normalized spacial score (nSPS) is 18.3. The monoisotopic (exact) mass is 392 g/mol. The van der Waals surface area contributed by atoms with E-state index < -0.39 is 11.8 Å². The number of benzene rings is 2. The molecule has 4 rings (SSSR count). The van der Waals surface area contributed by atoms with Crippen molar-refractivity contribution < 1.29 is 14.4 Å². The maximum Gasteiger partial charge on any atom is 0.287 e. The Kier molecular flexibility index (Phi) is 4.48. The number of rotatable bonds is 3. The van der Waals surface area contributed by atoms with Gasteiger partial charge < -0.3 is 11.1 Å². The van der Waals surface area contributed by atoms with Crippen LogP contribution in [0.2, 0.25) is 0 Å². The summed E-state index contributed by atoms with van der Waals surface area (Å²) in [4.78, 5) is 43.0. The predicted octanol–water partition coefficient (Wildman–Crippen LogP) is 2.28. The second kappa shape index (κ2) is 6.97. The van der Waals surface area contributed by atoms with E-state index in [2.05, 4.69) is 10.3 Å². The number of nitrogens with zero attached hydrogens (tertiary/aromatic N) is 2. The number of nitrogens with two attached hydrogens (primary N) is 1. The first-order valence-corrected chi connectivity index (χ1v) is 9.34. The number of nitrogens with one attached hydrogen (secondary N) is 1. The van der Waals surface area contributed by atoms with E-state index in [0.29, 0.717) is 16.9 Å². The number of fused-ring (bicyclic) bond motifs is 1. The number of carbonyl (C=O) groups excluding carboxylic acids is 3. The second-order valence-corrected chi connectivity index (χ2v) is 7.42. The Labute approximate surface area is 165 Å². The van der Waals surface area contributed by atoms with Gasteiger partial charge in [-0.25, -0.2) is 0 Å². The number of aryl methyl sites for hydroxylation is 1. The van der Waals surface area contributed by atoms with Crippen LogP contribution in [0.15, 0.2) is 58.4 Å². The van der Waals surface area contributed by atoms with Gasteiger partial charge in [0.15, 0.2) is 5.17 Å². The van der Waals surface area contributed by atoms with E-state index in [1.54, 1.807) is 30.3 Å². The largest absolute Gasteiger partial charge is 0.378 e. The van der Waals surface area contributed by atoms with Crippen LogP contribution in [0.5, 0.6) is 0 Å². The molecule has 2 heterocycles. The Morgan fingerprint density at radius 1 is 1.18 bits per heavy atom. The third-order valence-corrected chi connectivity index (χ3v) is 5.25. The Bertz CT molecular complexity index is 1090. The van der Waals surface area contributed by atoms with Crippen LogP contribution in [0, 0.1) is 6.92 Å². The highest BCUT2D eigenvalue weighted by atomic mass is 32.2. The molecule has 0 fully saturated rings.